The Kier molecular flexibility index (Phi) is 6.50. The third-order valence-corrected chi connectivity index (χ3v) is 6.91. The SMILES string of the molecule is Cc1ccc(S(=O)(=O)N2C[C@H](C(=O)NCCOc3ccc(F)cc3)Oc3ccccc32)cc1. The van der Waals surface area contributed by atoms with Crippen LogP contribution in [-0.2, 0) is 14.8 Å². The first-order valence-corrected chi connectivity index (χ1v) is 11.8. The normalized spacial score (nSPS) is 15.3. The molecule has 1 N–H and O–H groups in total. The molecule has 3 aromatic carbocycles. The lowest BCUT2D eigenvalue weighted by Gasteiger charge is -2.34. The van der Waals surface area contributed by atoms with Crippen molar-refractivity contribution in [3.8, 4) is 11.5 Å². The highest BCUT2D eigenvalue weighted by Gasteiger charge is 2.37. The van der Waals surface area contributed by atoms with Crippen LogP contribution in [0.1, 0.15) is 5.56 Å². The van der Waals surface area contributed by atoms with Crippen molar-refractivity contribution in [2.24, 2.45) is 0 Å². The van der Waals surface area contributed by atoms with Gasteiger partial charge in [-0.25, -0.2) is 12.8 Å². The van der Waals surface area contributed by atoms with Crippen LogP contribution in [0.5, 0.6) is 11.5 Å². The molecule has 33 heavy (non-hydrogen) atoms. The number of amides is 1. The number of hydrogen-bond donors (Lipinski definition) is 1. The number of fused-ring (bicyclic) bond motifs is 1. The summed E-state index contributed by atoms with van der Waals surface area (Å²) < 4.78 is 52.2. The molecule has 1 atom stereocenters. The fraction of sp³-hybridized carbons (Fsp3) is 0.208. The molecule has 1 amide bonds. The third kappa shape index (κ3) is 5.09. The maximum Gasteiger partial charge on any atom is 0.264 e. The summed E-state index contributed by atoms with van der Waals surface area (Å²) in [6.07, 6.45) is -1.04. The molecule has 0 aromatic heterocycles. The molecule has 4 rings (SSSR count). The first-order chi connectivity index (χ1) is 15.8. The Morgan fingerprint density at radius 2 is 1.79 bits per heavy atom. The number of sulfonamides is 1. The van der Waals surface area contributed by atoms with Gasteiger partial charge in [-0.1, -0.05) is 29.8 Å². The standard InChI is InChI=1S/C24H23FN2O5S/c1-17-6-12-20(13-7-17)33(29,30)27-16-23(32-22-5-3-2-4-21(22)27)24(28)26-14-15-31-19-10-8-18(25)9-11-19/h2-13,23H,14-16H2,1H3,(H,26,28)/t23-/m1/s1. The molecular formula is C24H23FN2O5S. The van der Waals surface area contributed by atoms with Gasteiger partial charge in [0.15, 0.2) is 6.10 Å². The van der Waals surface area contributed by atoms with Gasteiger partial charge in [-0.15, -0.1) is 0 Å². The van der Waals surface area contributed by atoms with Gasteiger partial charge in [-0.05, 0) is 55.5 Å². The average molecular weight is 471 g/mol. The van der Waals surface area contributed by atoms with Crippen LogP contribution in [0.2, 0.25) is 0 Å². The van der Waals surface area contributed by atoms with Crippen molar-refractivity contribution < 1.29 is 27.1 Å². The molecule has 172 valence electrons. The second-order valence-electron chi connectivity index (χ2n) is 7.52. The molecule has 7 nitrogen and oxygen atoms in total. The summed E-state index contributed by atoms with van der Waals surface area (Å²) in [4.78, 5) is 12.9. The van der Waals surface area contributed by atoms with E-state index in [9.17, 15) is 17.6 Å². The van der Waals surface area contributed by atoms with E-state index in [0.29, 0.717) is 17.2 Å². The monoisotopic (exact) mass is 470 g/mol. The molecule has 0 spiro atoms. The number of halogens is 1. The zero-order chi connectivity index (χ0) is 23.4. The number of rotatable bonds is 7. The van der Waals surface area contributed by atoms with E-state index < -0.39 is 22.0 Å². The first kappa shape index (κ1) is 22.6. The average Bonchev–Trinajstić information content (AvgIpc) is 2.82. The molecule has 0 radical (unpaired) electrons. The highest BCUT2D eigenvalue weighted by molar-refractivity contribution is 7.92. The predicted molar refractivity (Wildman–Crippen MR) is 121 cm³/mol. The van der Waals surface area contributed by atoms with Crippen LogP contribution in [0.4, 0.5) is 10.1 Å². The number of carbonyl (C=O) groups is 1. The summed E-state index contributed by atoms with van der Waals surface area (Å²) in [5.41, 5.74) is 1.32. The highest BCUT2D eigenvalue weighted by atomic mass is 32.2. The summed E-state index contributed by atoms with van der Waals surface area (Å²) in [5, 5.41) is 2.70. The van der Waals surface area contributed by atoms with Crippen molar-refractivity contribution in [3.63, 3.8) is 0 Å². The molecule has 0 bridgehead atoms. The van der Waals surface area contributed by atoms with Crippen molar-refractivity contribution in [1.29, 1.82) is 0 Å². The lowest BCUT2D eigenvalue weighted by Crippen LogP contribution is -2.51. The van der Waals surface area contributed by atoms with Gasteiger partial charge in [0, 0.05) is 0 Å². The Morgan fingerprint density at radius 3 is 2.52 bits per heavy atom. The quantitative estimate of drug-likeness (QED) is 0.536. The van der Waals surface area contributed by atoms with E-state index in [2.05, 4.69) is 5.32 Å². The molecule has 1 aliphatic heterocycles. The minimum atomic E-state index is -3.91. The molecule has 1 aliphatic rings. The number of anilines is 1. The van der Waals surface area contributed by atoms with E-state index in [1.165, 1.54) is 28.6 Å². The van der Waals surface area contributed by atoms with Crippen molar-refractivity contribution in [2.45, 2.75) is 17.9 Å². The Labute approximate surface area is 191 Å². The summed E-state index contributed by atoms with van der Waals surface area (Å²) in [6.45, 7) is 2.03. The van der Waals surface area contributed by atoms with Crippen LogP contribution >= 0.6 is 0 Å². The van der Waals surface area contributed by atoms with Gasteiger partial charge in [-0.3, -0.25) is 9.10 Å². The molecular weight excluding hydrogens is 447 g/mol. The van der Waals surface area contributed by atoms with Gasteiger partial charge in [0.1, 0.15) is 23.9 Å². The number of ether oxygens (including phenoxy) is 2. The molecule has 0 unspecified atom stereocenters. The molecule has 9 heteroatoms. The van der Waals surface area contributed by atoms with E-state index in [0.717, 1.165) is 5.56 Å². The molecule has 0 aliphatic carbocycles. The molecule has 3 aromatic rings. The van der Waals surface area contributed by atoms with Gasteiger partial charge < -0.3 is 14.8 Å². The lowest BCUT2D eigenvalue weighted by molar-refractivity contribution is -0.127. The maximum absolute atomic E-state index is 13.4. The third-order valence-electron chi connectivity index (χ3n) is 5.12. The van der Waals surface area contributed by atoms with Crippen LogP contribution in [0, 0.1) is 12.7 Å². The molecule has 0 fully saturated rings. The first-order valence-electron chi connectivity index (χ1n) is 10.4. The predicted octanol–water partition coefficient (Wildman–Crippen LogP) is 3.29. The molecule has 0 saturated carbocycles. The van der Waals surface area contributed by atoms with Crippen LogP contribution in [0.3, 0.4) is 0 Å². The Balaban J connectivity index is 1.46. The van der Waals surface area contributed by atoms with Gasteiger partial charge in [0.05, 0.1) is 23.7 Å². The smallest absolute Gasteiger partial charge is 0.264 e. The molecule has 0 saturated heterocycles. The topological polar surface area (TPSA) is 84.9 Å². The number of nitrogens with one attached hydrogen (secondary N) is 1. The van der Waals surface area contributed by atoms with E-state index in [4.69, 9.17) is 9.47 Å². The summed E-state index contributed by atoms with van der Waals surface area (Å²) >= 11 is 0. The number of benzene rings is 3. The largest absolute Gasteiger partial charge is 0.492 e. The van der Waals surface area contributed by atoms with Crippen LogP contribution in [0.15, 0.2) is 77.7 Å². The zero-order valence-corrected chi connectivity index (χ0v) is 18.7. The Morgan fingerprint density at radius 1 is 1.09 bits per heavy atom. The van der Waals surface area contributed by atoms with Gasteiger partial charge >= 0.3 is 0 Å². The number of nitrogens with zero attached hydrogens (tertiary/aromatic N) is 1. The fourth-order valence-electron chi connectivity index (χ4n) is 3.39. The minimum absolute atomic E-state index is 0.136. The van der Waals surface area contributed by atoms with Gasteiger partial charge in [-0.2, -0.15) is 0 Å². The van der Waals surface area contributed by atoms with Crippen LogP contribution < -0.4 is 19.1 Å². The maximum atomic E-state index is 13.4. The van der Waals surface area contributed by atoms with E-state index >= 15 is 0 Å². The summed E-state index contributed by atoms with van der Waals surface area (Å²) in [6, 6.07) is 18.8. The van der Waals surface area contributed by atoms with Crippen molar-refractivity contribution in [2.75, 3.05) is 24.0 Å². The Hall–Kier alpha value is -3.59. The number of hydrogen-bond acceptors (Lipinski definition) is 5. The van der Waals surface area contributed by atoms with E-state index in [1.807, 2.05) is 6.92 Å². The Bertz CT molecular complexity index is 1230. The highest BCUT2D eigenvalue weighted by Crippen LogP contribution is 2.36. The summed E-state index contributed by atoms with van der Waals surface area (Å²) in [7, 11) is -3.91. The molecule has 1 heterocycles. The fourth-order valence-corrected chi connectivity index (χ4v) is 4.87. The van der Waals surface area contributed by atoms with E-state index in [-0.39, 0.29) is 30.4 Å². The lowest BCUT2D eigenvalue weighted by atomic mass is 10.2. The van der Waals surface area contributed by atoms with Crippen LogP contribution in [-0.4, -0.2) is 40.1 Å². The van der Waals surface area contributed by atoms with Crippen molar-refractivity contribution in [3.05, 3.63) is 84.2 Å². The number of aryl methyl sites for hydroxylation is 1. The van der Waals surface area contributed by atoms with Crippen molar-refractivity contribution in [1.82, 2.24) is 5.32 Å². The van der Waals surface area contributed by atoms with Crippen LogP contribution in [0.25, 0.3) is 0 Å². The van der Waals surface area contributed by atoms with Gasteiger partial charge in [0.25, 0.3) is 15.9 Å². The van der Waals surface area contributed by atoms with Gasteiger partial charge in [0.2, 0.25) is 0 Å². The van der Waals surface area contributed by atoms with Crippen molar-refractivity contribution >= 4 is 21.6 Å². The second kappa shape index (κ2) is 9.50. The second-order valence-corrected chi connectivity index (χ2v) is 9.38. The van der Waals surface area contributed by atoms with E-state index in [1.54, 1.807) is 48.5 Å². The summed E-state index contributed by atoms with van der Waals surface area (Å²) in [5.74, 6) is -0.0437. The number of carbonyl (C=O) groups excluding carboxylic acids is 1. The number of para-hydroxylation sites is 2. The zero-order valence-electron chi connectivity index (χ0n) is 17.9. The minimum Gasteiger partial charge on any atom is -0.492 e.